The van der Waals surface area contributed by atoms with Gasteiger partial charge in [0.15, 0.2) is 0 Å². The molecule has 0 unspecified atom stereocenters. The van der Waals surface area contributed by atoms with Gasteiger partial charge in [-0.3, -0.25) is 0 Å². The number of aromatic amines is 1. The topological polar surface area (TPSA) is 36.0 Å². The lowest BCUT2D eigenvalue weighted by Crippen LogP contribution is -1.88. The van der Waals surface area contributed by atoms with Crippen LogP contribution in [-0.2, 0) is 6.42 Å². The van der Waals surface area contributed by atoms with Crippen LogP contribution in [0, 0.1) is 0 Å². The highest BCUT2D eigenvalue weighted by atomic mass is 35.5. The van der Waals surface area contributed by atoms with Crippen LogP contribution in [0.2, 0.25) is 10.0 Å². The number of aliphatic hydroxyl groups is 1. The number of aryl methyl sites for hydroxylation is 1. The molecular weight excluding hydrogens is 233 g/mol. The molecule has 1 aromatic heterocycles. The van der Waals surface area contributed by atoms with Gasteiger partial charge in [-0.2, -0.15) is 0 Å². The summed E-state index contributed by atoms with van der Waals surface area (Å²) in [5.41, 5.74) is 1.98. The monoisotopic (exact) mass is 243 g/mol. The van der Waals surface area contributed by atoms with Gasteiger partial charge in [-0.05, 0) is 30.5 Å². The van der Waals surface area contributed by atoms with Crippen LogP contribution < -0.4 is 0 Å². The Morgan fingerprint density at radius 2 is 1.93 bits per heavy atom. The van der Waals surface area contributed by atoms with Crippen molar-refractivity contribution < 1.29 is 5.11 Å². The van der Waals surface area contributed by atoms with Crippen LogP contribution in [0.4, 0.5) is 0 Å². The largest absolute Gasteiger partial charge is 0.396 e. The number of aromatic nitrogens is 1. The Balaban J connectivity index is 2.53. The van der Waals surface area contributed by atoms with Gasteiger partial charge in [-0.15, -0.1) is 0 Å². The molecule has 0 aliphatic heterocycles. The molecule has 2 N–H and O–H groups in total. The lowest BCUT2D eigenvalue weighted by atomic mass is 10.1. The number of halogens is 2. The molecule has 0 fully saturated rings. The molecule has 0 radical (unpaired) electrons. The van der Waals surface area contributed by atoms with E-state index in [9.17, 15) is 0 Å². The van der Waals surface area contributed by atoms with Crippen LogP contribution in [0.1, 0.15) is 12.0 Å². The van der Waals surface area contributed by atoms with E-state index in [2.05, 4.69) is 4.98 Å². The zero-order chi connectivity index (χ0) is 10.8. The first-order chi connectivity index (χ1) is 7.24. The Kier molecular flexibility index (Phi) is 3.19. The Bertz CT molecular complexity index is 479. The molecule has 0 aliphatic rings. The highest BCUT2D eigenvalue weighted by Crippen LogP contribution is 2.32. The minimum absolute atomic E-state index is 0.185. The number of hydrogen-bond acceptors (Lipinski definition) is 1. The number of H-pyrrole nitrogens is 1. The molecule has 0 spiro atoms. The van der Waals surface area contributed by atoms with Crippen molar-refractivity contribution in [3.05, 3.63) is 33.9 Å². The van der Waals surface area contributed by atoms with Gasteiger partial charge in [0.2, 0.25) is 0 Å². The summed E-state index contributed by atoms with van der Waals surface area (Å²) in [5, 5.41) is 11.1. The van der Waals surface area contributed by atoms with Crippen LogP contribution in [0.5, 0.6) is 0 Å². The van der Waals surface area contributed by atoms with Gasteiger partial charge in [0, 0.05) is 18.2 Å². The molecule has 0 saturated carbocycles. The van der Waals surface area contributed by atoms with E-state index in [0.717, 1.165) is 29.3 Å². The average molecular weight is 244 g/mol. The summed E-state index contributed by atoms with van der Waals surface area (Å²) in [6, 6.07) is 3.57. The van der Waals surface area contributed by atoms with E-state index in [0.29, 0.717) is 10.0 Å². The summed E-state index contributed by atoms with van der Waals surface area (Å²) >= 11 is 12.2. The molecule has 15 heavy (non-hydrogen) atoms. The molecule has 0 atom stereocenters. The van der Waals surface area contributed by atoms with Gasteiger partial charge in [-0.25, -0.2) is 0 Å². The maximum atomic E-state index is 8.79. The predicted molar refractivity (Wildman–Crippen MR) is 63.7 cm³/mol. The molecule has 2 aromatic rings. The fourth-order valence-corrected chi connectivity index (χ4v) is 2.20. The molecule has 0 saturated heterocycles. The molecule has 2 nitrogen and oxygen atoms in total. The maximum absolute atomic E-state index is 8.79. The van der Waals surface area contributed by atoms with E-state index in [1.165, 1.54) is 0 Å². The second-order valence-electron chi connectivity index (χ2n) is 3.42. The van der Waals surface area contributed by atoms with Crippen molar-refractivity contribution in [1.82, 2.24) is 4.98 Å². The van der Waals surface area contributed by atoms with Crippen molar-refractivity contribution in [3.63, 3.8) is 0 Å². The van der Waals surface area contributed by atoms with Crippen molar-refractivity contribution >= 4 is 34.1 Å². The predicted octanol–water partition coefficient (Wildman–Crippen LogP) is 3.40. The SMILES string of the molecule is OCCCc1c[nH]c2c(Cl)ccc(Cl)c12. The third kappa shape index (κ3) is 1.98. The molecule has 4 heteroatoms. The molecule has 1 heterocycles. The van der Waals surface area contributed by atoms with Gasteiger partial charge in [0.05, 0.1) is 15.6 Å². The van der Waals surface area contributed by atoms with Crippen molar-refractivity contribution in [1.29, 1.82) is 0 Å². The fraction of sp³-hybridized carbons (Fsp3) is 0.273. The summed E-state index contributed by atoms with van der Waals surface area (Å²) < 4.78 is 0. The van der Waals surface area contributed by atoms with Crippen LogP contribution >= 0.6 is 23.2 Å². The normalized spacial score (nSPS) is 11.1. The lowest BCUT2D eigenvalue weighted by molar-refractivity contribution is 0.289. The summed E-state index contributed by atoms with van der Waals surface area (Å²) in [7, 11) is 0. The summed E-state index contributed by atoms with van der Waals surface area (Å²) in [6.07, 6.45) is 3.43. The highest BCUT2D eigenvalue weighted by molar-refractivity contribution is 6.40. The van der Waals surface area contributed by atoms with Crippen molar-refractivity contribution in [2.24, 2.45) is 0 Å². The molecule has 0 bridgehead atoms. The number of benzene rings is 1. The standard InChI is InChI=1S/C11H11Cl2NO/c12-8-3-4-9(13)11-10(8)7(6-14-11)2-1-5-15/h3-4,6,14-15H,1-2,5H2. The smallest absolute Gasteiger partial charge is 0.0661 e. The molecule has 2 rings (SSSR count). The average Bonchev–Trinajstić information content (AvgIpc) is 2.65. The second kappa shape index (κ2) is 4.44. The summed E-state index contributed by atoms with van der Waals surface area (Å²) in [6.45, 7) is 0.185. The highest BCUT2D eigenvalue weighted by Gasteiger charge is 2.09. The van der Waals surface area contributed by atoms with Crippen molar-refractivity contribution in [3.8, 4) is 0 Å². The van der Waals surface area contributed by atoms with Crippen LogP contribution in [0.25, 0.3) is 10.9 Å². The lowest BCUT2D eigenvalue weighted by Gasteiger charge is -2.00. The Morgan fingerprint density at radius 1 is 1.20 bits per heavy atom. The Labute approximate surface area is 97.8 Å². The Hall–Kier alpha value is -0.700. The number of hydrogen-bond donors (Lipinski definition) is 2. The Morgan fingerprint density at radius 3 is 2.67 bits per heavy atom. The third-order valence-corrected chi connectivity index (χ3v) is 3.05. The van der Waals surface area contributed by atoms with Crippen molar-refractivity contribution in [2.45, 2.75) is 12.8 Å². The molecule has 80 valence electrons. The summed E-state index contributed by atoms with van der Waals surface area (Å²) in [5.74, 6) is 0. The zero-order valence-electron chi connectivity index (χ0n) is 8.06. The van der Waals surface area contributed by atoms with Gasteiger partial charge in [0.1, 0.15) is 0 Å². The second-order valence-corrected chi connectivity index (χ2v) is 4.23. The van der Waals surface area contributed by atoms with Crippen LogP contribution in [-0.4, -0.2) is 16.7 Å². The fourth-order valence-electron chi connectivity index (χ4n) is 1.71. The van der Waals surface area contributed by atoms with Gasteiger partial charge in [0.25, 0.3) is 0 Å². The molecule has 1 aromatic carbocycles. The first-order valence-corrected chi connectivity index (χ1v) is 5.54. The molecule has 0 aliphatic carbocycles. The number of aliphatic hydroxyl groups excluding tert-OH is 1. The number of fused-ring (bicyclic) bond motifs is 1. The van der Waals surface area contributed by atoms with E-state index in [4.69, 9.17) is 28.3 Å². The van der Waals surface area contributed by atoms with E-state index in [-0.39, 0.29) is 6.61 Å². The van der Waals surface area contributed by atoms with Gasteiger partial charge in [-0.1, -0.05) is 23.2 Å². The zero-order valence-corrected chi connectivity index (χ0v) is 9.57. The first kappa shape index (κ1) is 10.8. The van der Waals surface area contributed by atoms with Crippen LogP contribution in [0.15, 0.2) is 18.3 Å². The molecular formula is C11H11Cl2NO. The minimum atomic E-state index is 0.185. The first-order valence-electron chi connectivity index (χ1n) is 4.79. The van der Waals surface area contributed by atoms with E-state index < -0.39 is 0 Å². The number of rotatable bonds is 3. The minimum Gasteiger partial charge on any atom is -0.396 e. The van der Waals surface area contributed by atoms with E-state index in [1.54, 1.807) is 12.1 Å². The summed E-state index contributed by atoms with van der Waals surface area (Å²) in [4.78, 5) is 3.11. The third-order valence-electron chi connectivity index (χ3n) is 2.42. The van der Waals surface area contributed by atoms with Crippen LogP contribution in [0.3, 0.4) is 0 Å². The molecule has 0 amide bonds. The van der Waals surface area contributed by atoms with E-state index in [1.807, 2.05) is 6.20 Å². The van der Waals surface area contributed by atoms with Gasteiger partial charge >= 0.3 is 0 Å². The maximum Gasteiger partial charge on any atom is 0.0661 e. The van der Waals surface area contributed by atoms with Crippen molar-refractivity contribution in [2.75, 3.05) is 6.61 Å². The number of nitrogens with one attached hydrogen (secondary N) is 1. The quantitative estimate of drug-likeness (QED) is 0.852. The van der Waals surface area contributed by atoms with E-state index >= 15 is 0 Å². The van der Waals surface area contributed by atoms with Gasteiger partial charge < -0.3 is 10.1 Å².